The molecule has 0 aliphatic carbocycles. The number of ether oxygens (including phenoxy) is 1. The molecule has 0 spiro atoms. The molecule has 0 saturated heterocycles. The molecule has 134 valence electrons. The van der Waals surface area contributed by atoms with E-state index in [9.17, 15) is 4.79 Å². The summed E-state index contributed by atoms with van der Waals surface area (Å²) in [7, 11) is 0. The van der Waals surface area contributed by atoms with Crippen molar-refractivity contribution in [3.63, 3.8) is 0 Å². The first-order chi connectivity index (χ1) is 12.7. The number of carbonyl (C=O) groups is 1. The number of benzene rings is 2. The van der Waals surface area contributed by atoms with Crippen molar-refractivity contribution in [1.82, 2.24) is 10.3 Å². The van der Waals surface area contributed by atoms with Crippen LogP contribution >= 0.6 is 0 Å². The minimum Gasteiger partial charge on any atom is -0.465 e. The lowest BCUT2D eigenvalue weighted by Gasteiger charge is -2.30. The highest BCUT2D eigenvalue weighted by atomic mass is 16.5. The maximum atomic E-state index is 12.4. The highest BCUT2D eigenvalue weighted by Crippen LogP contribution is 2.35. The quantitative estimate of drug-likeness (QED) is 0.703. The van der Waals surface area contributed by atoms with Crippen LogP contribution in [0.15, 0.2) is 48.5 Å². The Kier molecular flexibility index (Phi) is 4.51. The maximum absolute atomic E-state index is 12.4. The van der Waals surface area contributed by atoms with Gasteiger partial charge in [0, 0.05) is 23.0 Å². The monoisotopic (exact) mass is 348 g/mol. The molecule has 0 unspecified atom stereocenters. The third-order valence-corrected chi connectivity index (χ3v) is 5.20. The lowest BCUT2D eigenvalue weighted by Crippen LogP contribution is -2.45. The van der Waals surface area contributed by atoms with Crippen molar-refractivity contribution in [3.05, 3.63) is 70.9 Å². The van der Waals surface area contributed by atoms with E-state index in [2.05, 4.69) is 53.6 Å². The molecule has 3 aromatic rings. The molecule has 2 atom stereocenters. The van der Waals surface area contributed by atoms with Crippen molar-refractivity contribution >= 4 is 16.9 Å². The number of nitrogens with one attached hydrogen (secondary N) is 2. The van der Waals surface area contributed by atoms with Gasteiger partial charge in [0.15, 0.2) is 0 Å². The van der Waals surface area contributed by atoms with Crippen molar-refractivity contribution in [2.75, 3.05) is 6.61 Å². The van der Waals surface area contributed by atoms with Gasteiger partial charge in [0.1, 0.15) is 6.04 Å². The summed E-state index contributed by atoms with van der Waals surface area (Å²) in [6.45, 7) is 4.40. The van der Waals surface area contributed by atoms with E-state index in [1.165, 1.54) is 16.5 Å². The molecular formula is C22H24N2O2. The van der Waals surface area contributed by atoms with Crippen LogP contribution in [0.5, 0.6) is 0 Å². The Balaban J connectivity index is 1.80. The summed E-state index contributed by atoms with van der Waals surface area (Å²) in [5, 5.41) is 4.69. The van der Waals surface area contributed by atoms with E-state index in [1.807, 2.05) is 19.1 Å². The van der Waals surface area contributed by atoms with Crippen LogP contribution < -0.4 is 5.32 Å². The van der Waals surface area contributed by atoms with E-state index in [0.717, 1.165) is 23.2 Å². The van der Waals surface area contributed by atoms with Crippen molar-refractivity contribution in [2.45, 2.75) is 38.8 Å². The standard InChI is InChI=1S/C22H24N2O2/c1-3-14-9-11-15(12-10-14)20-21-17(13-19(24-20)22(25)26-4-2)16-7-5-6-8-18(16)23-21/h5-12,19-20,23-24H,3-4,13H2,1-2H3/t19-,20+/m0/s1. The second kappa shape index (κ2) is 6.96. The van der Waals surface area contributed by atoms with E-state index in [1.54, 1.807) is 0 Å². The first kappa shape index (κ1) is 16.9. The molecule has 2 aromatic carbocycles. The van der Waals surface area contributed by atoms with Gasteiger partial charge in [-0.1, -0.05) is 49.4 Å². The largest absolute Gasteiger partial charge is 0.465 e. The average Bonchev–Trinajstić information content (AvgIpc) is 3.06. The number of esters is 1. The van der Waals surface area contributed by atoms with Crippen LogP contribution in [-0.2, 0) is 22.4 Å². The molecule has 0 radical (unpaired) electrons. The summed E-state index contributed by atoms with van der Waals surface area (Å²) < 4.78 is 5.29. The Hall–Kier alpha value is -2.59. The Labute approximate surface area is 153 Å². The van der Waals surface area contributed by atoms with Crippen LogP contribution in [-0.4, -0.2) is 23.6 Å². The second-order valence-corrected chi connectivity index (χ2v) is 6.77. The summed E-state index contributed by atoms with van der Waals surface area (Å²) in [6, 6.07) is 16.5. The van der Waals surface area contributed by atoms with E-state index in [0.29, 0.717) is 13.0 Å². The van der Waals surface area contributed by atoms with Gasteiger partial charge >= 0.3 is 5.97 Å². The predicted octanol–water partition coefficient (Wildman–Crippen LogP) is 3.90. The summed E-state index contributed by atoms with van der Waals surface area (Å²) >= 11 is 0. The van der Waals surface area contributed by atoms with Crippen LogP contribution in [0.3, 0.4) is 0 Å². The van der Waals surface area contributed by atoms with Gasteiger partial charge < -0.3 is 9.72 Å². The van der Waals surface area contributed by atoms with Crippen molar-refractivity contribution in [2.24, 2.45) is 0 Å². The Bertz CT molecular complexity index is 927. The van der Waals surface area contributed by atoms with Crippen LogP contribution in [0, 0.1) is 0 Å². The first-order valence-electron chi connectivity index (χ1n) is 9.32. The van der Waals surface area contributed by atoms with E-state index in [-0.39, 0.29) is 18.1 Å². The number of aromatic amines is 1. The number of aromatic nitrogens is 1. The fraction of sp³-hybridized carbons (Fsp3) is 0.318. The highest BCUT2D eigenvalue weighted by Gasteiger charge is 2.34. The number of H-pyrrole nitrogens is 1. The molecule has 0 fully saturated rings. The lowest BCUT2D eigenvalue weighted by atomic mass is 9.90. The van der Waals surface area contributed by atoms with E-state index in [4.69, 9.17) is 4.74 Å². The number of para-hydroxylation sites is 1. The zero-order valence-electron chi connectivity index (χ0n) is 15.2. The van der Waals surface area contributed by atoms with Crippen molar-refractivity contribution in [1.29, 1.82) is 0 Å². The maximum Gasteiger partial charge on any atom is 0.323 e. The molecule has 2 heterocycles. The minimum atomic E-state index is -0.336. The topological polar surface area (TPSA) is 54.1 Å². The summed E-state index contributed by atoms with van der Waals surface area (Å²) in [5.74, 6) is -0.182. The fourth-order valence-electron chi connectivity index (χ4n) is 3.84. The van der Waals surface area contributed by atoms with Crippen molar-refractivity contribution < 1.29 is 9.53 Å². The molecule has 0 saturated carbocycles. The molecule has 2 N–H and O–H groups in total. The molecule has 0 amide bonds. The van der Waals surface area contributed by atoms with Gasteiger partial charge in [0.05, 0.1) is 12.6 Å². The third-order valence-electron chi connectivity index (χ3n) is 5.20. The molecular weight excluding hydrogens is 324 g/mol. The zero-order valence-corrected chi connectivity index (χ0v) is 15.2. The van der Waals surface area contributed by atoms with E-state index >= 15 is 0 Å². The van der Waals surface area contributed by atoms with Gasteiger partial charge in [-0.2, -0.15) is 0 Å². The third kappa shape index (κ3) is 2.90. The molecule has 1 aromatic heterocycles. The molecule has 26 heavy (non-hydrogen) atoms. The molecule has 1 aliphatic heterocycles. The van der Waals surface area contributed by atoms with Crippen LogP contribution in [0.1, 0.15) is 42.3 Å². The number of fused-ring (bicyclic) bond motifs is 3. The highest BCUT2D eigenvalue weighted by molar-refractivity contribution is 5.87. The summed E-state index contributed by atoms with van der Waals surface area (Å²) in [5.41, 5.74) is 5.93. The van der Waals surface area contributed by atoms with E-state index < -0.39 is 0 Å². The summed E-state index contributed by atoms with van der Waals surface area (Å²) in [6.07, 6.45) is 1.66. The number of hydrogen-bond donors (Lipinski definition) is 2. The second-order valence-electron chi connectivity index (χ2n) is 6.77. The van der Waals surface area contributed by atoms with Gasteiger partial charge in [0.2, 0.25) is 0 Å². The molecule has 0 bridgehead atoms. The number of aryl methyl sites for hydroxylation is 1. The van der Waals surface area contributed by atoms with Crippen molar-refractivity contribution in [3.8, 4) is 0 Å². The van der Waals surface area contributed by atoms with Gasteiger partial charge in [0.25, 0.3) is 0 Å². The normalized spacial score (nSPS) is 19.3. The van der Waals surface area contributed by atoms with Gasteiger partial charge in [-0.05, 0) is 36.1 Å². The van der Waals surface area contributed by atoms with Crippen LogP contribution in [0.2, 0.25) is 0 Å². The molecule has 4 nitrogen and oxygen atoms in total. The number of rotatable bonds is 4. The Morgan fingerprint density at radius 1 is 1.12 bits per heavy atom. The average molecular weight is 348 g/mol. The van der Waals surface area contributed by atoms with Gasteiger partial charge in [-0.15, -0.1) is 0 Å². The number of hydrogen-bond acceptors (Lipinski definition) is 3. The molecule has 4 heteroatoms. The smallest absolute Gasteiger partial charge is 0.323 e. The van der Waals surface area contributed by atoms with Gasteiger partial charge in [-0.3, -0.25) is 10.1 Å². The van der Waals surface area contributed by atoms with Crippen LogP contribution in [0.4, 0.5) is 0 Å². The predicted molar refractivity (Wildman–Crippen MR) is 103 cm³/mol. The summed E-state index contributed by atoms with van der Waals surface area (Å²) in [4.78, 5) is 16.0. The molecule has 1 aliphatic rings. The SMILES string of the molecule is CCOC(=O)[C@@H]1Cc2c([nH]c3ccccc23)[C@@H](c2ccc(CC)cc2)N1. The zero-order chi connectivity index (χ0) is 18.1. The number of carbonyl (C=O) groups excluding carboxylic acids is 1. The Morgan fingerprint density at radius 3 is 2.62 bits per heavy atom. The minimum absolute atomic E-state index is 0.0496. The van der Waals surface area contributed by atoms with Gasteiger partial charge in [-0.25, -0.2) is 0 Å². The van der Waals surface area contributed by atoms with Crippen LogP contribution in [0.25, 0.3) is 10.9 Å². The first-order valence-corrected chi connectivity index (χ1v) is 9.32. The fourth-order valence-corrected chi connectivity index (χ4v) is 3.84. The lowest BCUT2D eigenvalue weighted by molar-refractivity contribution is -0.146. The Morgan fingerprint density at radius 2 is 1.88 bits per heavy atom. The molecule has 4 rings (SSSR count).